The molecule has 3 aliphatic heterocycles. The average molecular weight is 396 g/mol. The second kappa shape index (κ2) is 7.34. The summed E-state index contributed by atoms with van der Waals surface area (Å²) in [6.45, 7) is 4.66. The molecule has 0 aliphatic carbocycles. The van der Waals surface area contributed by atoms with E-state index in [9.17, 15) is 9.18 Å². The number of halogens is 1. The van der Waals surface area contributed by atoms with E-state index in [4.69, 9.17) is 9.47 Å². The Kier molecular flexibility index (Phi) is 4.66. The van der Waals surface area contributed by atoms with Crippen LogP contribution in [0, 0.1) is 11.2 Å². The van der Waals surface area contributed by atoms with Gasteiger partial charge in [-0.2, -0.15) is 0 Å². The second-order valence-electron chi connectivity index (χ2n) is 8.49. The highest BCUT2D eigenvalue weighted by molar-refractivity contribution is 5.95. The Morgan fingerprint density at radius 2 is 1.83 bits per heavy atom. The lowest BCUT2D eigenvalue weighted by Crippen LogP contribution is -2.45. The normalized spacial score (nSPS) is 23.7. The number of hydrogen-bond donors (Lipinski definition) is 0. The van der Waals surface area contributed by atoms with Crippen LogP contribution in [0.3, 0.4) is 0 Å². The summed E-state index contributed by atoms with van der Waals surface area (Å²) in [7, 11) is 0. The van der Waals surface area contributed by atoms with Crippen molar-refractivity contribution >= 4 is 5.91 Å². The van der Waals surface area contributed by atoms with Gasteiger partial charge in [-0.15, -0.1) is 0 Å². The van der Waals surface area contributed by atoms with Gasteiger partial charge in [0.25, 0.3) is 5.91 Å². The maximum atomic E-state index is 13.2. The topological polar surface area (TPSA) is 42.0 Å². The Morgan fingerprint density at radius 1 is 1.00 bits per heavy atom. The minimum Gasteiger partial charge on any atom is -0.454 e. The molecule has 1 spiro atoms. The van der Waals surface area contributed by atoms with Crippen molar-refractivity contribution in [1.82, 2.24) is 9.80 Å². The van der Waals surface area contributed by atoms with Gasteiger partial charge in [-0.25, -0.2) is 4.39 Å². The van der Waals surface area contributed by atoms with Crippen LogP contribution in [-0.4, -0.2) is 48.7 Å². The molecule has 2 saturated heterocycles. The van der Waals surface area contributed by atoms with E-state index in [2.05, 4.69) is 4.90 Å². The van der Waals surface area contributed by atoms with Crippen LogP contribution < -0.4 is 9.47 Å². The zero-order valence-corrected chi connectivity index (χ0v) is 16.4. The maximum Gasteiger partial charge on any atom is 0.254 e. The maximum absolute atomic E-state index is 13.2. The van der Waals surface area contributed by atoms with Crippen LogP contribution >= 0.6 is 0 Å². The predicted molar refractivity (Wildman–Crippen MR) is 106 cm³/mol. The van der Waals surface area contributed by atoms with Gasteiger partial charge in [-0.3, -0.25) is 9.69 Å². The van der Waals surface area contributed by atoms with Gasteiger partial charge in [0.15, 0.2) is 11.5 Å². The van der Waals surface area contributed by atoms with E-state index >= 15 is 0 Å². The van der Waals surface area contributed by atoms with E-state index < -0.39 is 0 Å². The number of carbonyl (C=O) groups is 1. The molecule has 152 valence electrons. The first-order chi connectivity index (χ1) is 14.1. The zero-order chi connectivity index (χ0) is 19.8. The molecule has 2 fully saturated rings. The fourth-order valence-corrected chi connectivity index (χ4v) is 4.95. The number of nitrogens with zero attached hydrogens (tertiary/aromatic N) is 2. The van der Waals surface area contributed by atoms with Crippen molar-refractivity contribution in [2.45, 2.75) is 25.8 Å². The third-order valence-corrected chi connectivity index (χ3v) is 6.40. The highest BCUT2D eigenvalue weighted by Crippen LogP contribution is 2.40. The summed E-state index contributed by atoms with van der Waals surface area (Å²) >= 11 is 0. The molecule has 29 heavy (non-hydrogen) atoms. The number of ether oxygens (including phenoxy) is 2. The molecule has 0 N–H and O–H groups in total. The number of amides is 1. The first kappa shape index (κ1) is 18.4. The molecular formula is C23H25FN2O3. The Balaban J connectivity index is 1.25. The number of fused-ring (bicyclic) bond motifs is 1. The summed E-state index contributed by atoms with van der Waals surface area (Å²) in [6, 6.07) is 12.2. The van der Waals surface area contributed by atoms with Crippen molar-refractivity contribution in [1.29, 1.82) is 0 Å². The number of hydrogen-bond acceptors (Lipinski definition) is 4. The second-order valence-corrected chi connectivity index (χ2v) is 8.49. The van der Waals surface area contributed by atoms with E-state index in [1.165, 1.54) is 12.1 Å². The van der Waals surface area contributed by atoms with Gasteiger partial charge in [0.2, 0.25) is 6.79 Å². The van der Waals surface area contributed by atoms with Crippen molar-refractivity contribution < 1.29 is 18.7 Å². The van der Waals surface area contributed by atoms with Gasteiger partial charge in [0.1, 0.15) is 5.82 Å². The van der Waals surface area contributed by atoms with Crippen molar-refractivity contribution in [3.63, 3.8) is 0 Å². The van der Waals surface area contributed by atoms with Crippen LogP contribution in [0.25, 0.3) is 0 Å². The van der Waals surface area contributed by atoms with E-state index in [0.717, 1.165) is 57.5 Å². The molecule has 5 nitrogen and oxygen atoms in total. The largest absolute Gasteiger partial charge is 0.454 e. The van der Waals surface area contributed by atoms with E-state index in [1.807, 2.05) is 29.2 Å². The van der Waals surface area contributed by atoms with Crippen LogP contribution in [0.15, 0.2) is 42.5 Å². The molecule has 0 aromatic heterocycles. The third kappa shape index (κ3) is 3.69. The Morgan fingerprint density at radius 3 is 2.69 bits per heavy atom. The smallest absolute Gasteiger partial charge is 0.254 e. The molecule has 0 bridgehead atoms. The molecular weight excluding hydrogens is 371 g/mol. The molecule has 1 amide bonds. The summed E-state index contributed by atoms with van der Waals surface area (Å²) in [4.78, 5) is 17.5. The SMILES string of the molecule is O=C(c1ccc2c(c1)OCO2)N1CC[C@@]2(CCCN(Cc3ccc(F)cc3)C2)C1. The number of piperidine rings is 1. The number of likely N-dealkylation sites (tertiary alicyclic amines) is 2. The van der Waals surface area contributed by atoms with E-state index in [-0.39, 0.29) is 23.9 Å². The van der Waals surface area contributed by atoms with Gasteiger partial charge in [0, 0.05) is 37.2 Å². The van der Waals surface area contributed by atoms with Crippen LogP contribution in [0.4, 0.5) is 4.39 Å². The molecule has 0 unspecified atom stereocenters. The summed E-state index contributed by atoms with van der Waals surface area (Å²) in [5, 5.41) is 0. The molecule has 2 aromatic carbocycles. The van der Waals surface area contributed by atoms with Crippen LogP contribution in [0.1, 0.15) is 35.2 Å². The fourth-order valence-electron chi connectivity index (χ4n) is 4.95. The predicted octanol–water partition coefficient (Wildman–Crippen LogP) is 3.68. The summed E-state index contributed by atoms with van der Waals surface area (Å²) < 4.78 is 23.9. The highest BCUT2D eigenvalue weighted by atomic mass is 19.1. The Labute approximate surface area is 170 Å². The first-order valence-electron chi connectivity index (χ1n) is 10.3. The van der Waals surface area contributed by atoms with Crippen LogP contribution in [0.2, 0.25) is 0 Å². The van der Waals surface area contributed by atoms with Gasteiger partial charge in [-0.05, 0) is 61.7 Å². The standard InChI is InChI=1S/C23H25FN2O3/c24-19-5-2-17(3-6-19)13-25-10-1-8-23(14-25)9-11-26(15-23)22(27)18-4-7-20-21(12-18)29-16-28-20/h2-7,12H,1,8-11,13-16H2/t23-/m1/s1. The average Bonchev–Trinajstić information content (AvgIpc) is 3.36. The minimum absolute atomic E-state index is 0.0656. The van der Waals surface area contributed by atoms with E-state index in [1.54, 1.807) is 6.07 Å². The van der Waals surface area contributed by atoms with Crippen molar-refractivity contribution in [3.8, 4) is 11.5 Å². The van der Waals surface area contributed by atoms with Gasteiger partial charge < -0.3 is 14.4 Å². The van der Waals surface area contributed by atoms with Crippen LogP contribution in [0.5, 0.6) is 11.5 Å². The number of benzene rings is 2. The van der Waals surface area contributed by atoms with Crippen molar-refractivity contribution in [2.24, 2.45) is 5.41 Å². The quantitative estimate of drug-likeness (QED) is 0.794. The molecule has 5 rings (SSSR count). The lowest BCUT2D eigenvalue weighted by molar-refractivity contribution is 0.0675. The Hall–Kier alpha value is -2.60. The Bertz CT molecular complexity index is 917. The van der Waals surface area contributed by atoms with Crippen LogP contribution in [-0.2, 0) is 6.54 Å². The molecule has 0 radical (unpaired) electrons. The fraction of sp³-hybridized carbons (Fsp3) is 0.435. The molecule has 6 heteroatoms. The van der Waals surface area contributed by atoms with Crippen molar-refractivity contribution in [2.75, 3.05) is 33.0 Å². The van der Waals surface area contributed by atoms with Gasteiger partial charge in [-0.1, -0.05) is 12.1 Å². The van der Waals surface area contributed by atoms with Crippen molar-refractivity contribution in [3.05, 3.63) is 59.4 Å². The zero-order valence-electron chi connectivity index (χ0n) is 16.4. The summed E-state index contributed by atoms with van der Waals surface area (Å²) in [6.07, 6.45) is 3.31. The third-order valence-electron chi connectivity index (χ3n) is 6.40. The summed E-state index contributed by atoms with van der Waals surface area (Å²) in [5.41, 5.74) is 1.95. The first-order valence-corrected chi connectivity index (χ1v) is 10.3. The van der Waals surface area contributed by atoms with Gasteiger partial charge in [0.05, 0.1) is 0 Å². The highest BCUT2D eigenvalue weighted by Gasteiger charge is 2.43. The lowest BCUT2D eigenvalue weighted by Gasteiger charge is -2.40. The number of rotatable bonds is 3. The molecule has 1 atom stereocenters. The summed E-state index contributed by atoms with van der Waals surface area (Å²) in [5.74, 6) is 1.21. The van der Waals surface area contributed by atoms with Gasteiger partial charge >= 0.3 is 0 Å². The lowest BCUT2D eigenvalue weighted by atomic mass is 9.79. The monoisotopic (exact) mass is 396 g/mol. The molecule has 2 aromatic rings. The molecule has 3 aliphatic rings. The minimum atomic E-state index is -0.197. The molecule has 3 heterocycles. The molecule has 0 saturated carbocycles. The van der Waals surface area contributed by atoms with E-state index in [0.29, 0.717) is 17.1 Å². The number of carbonyl (C=O) groups excluding carboxylic acids is 1.